The molecule has 0 amide bonds. The Bertz CT molecular complexity index is 1080. The Balaban J connectivity index is 1.55. The fraction of sp³-hybridized carbons (Fsp3) is 0.0968. The van der Waals surface area contributed by atoms with Gasteiger partial charge in [0.15, 0.2) is 0 Å². The van der Waals surface area contributed by atoms with Gasteiger partial charge in [-0.3, -0.25) is 0 Å². The van der Waals surface area contributed by atoms with Crippen molar-refractivity contribution in [2.75, 3.05) is 0 Å². The number of hydrogen-bond acceptors (Lipinski definition) is 0. The van der Waals surface area contributed by atoms with Gasteiger partial charge in [0.05, 0.1) is 0 Å². The Morgan fingerprint density at radius 1 is 0.452 bits per heavy atom. The Hall–Kier alpha value is -3.64. The highest BCUT2D eigenvalue weighted by Gasteiger charge is 2.23. The quantitative estimate of drug-likeness (QED) is 0.306. The first-order valence-electron chi connectivity index (χ1n) is 10.7. The number of hydrogen-bond donors (Lipinski definition) is 0. The predicted octanol–water partition coefficient (Wildman–Crippen LogP) is 8.14. The van der Waals surface area contributed by atoms with Crippen LogP contribution in [0.4, 0.5) is 0 Å². The molecule has 0 fully saturated rings. The third kappa shape index (κ3) is 4.29. The Kier molecular flexibility index (Phi) is 5.73. The monoisotopic (exact) mass is 400 g/mol. The van der Waals surface area contributed by atoms with E-state index in [9.17, 15) is 0 Å². The summed E-state index contributed by atoms with van der Waals surface area (Å²) in [4.78, 5) is 0. The highest BCUT2D eigenvalue weighted by atomic mass is 14.3. The molecule has 0 radical (unpaired) electrons. The molecule has 0 N–H and O–H groups in total. The first-order chi connectivity index (χ1) is 15.0. The summed E-state index contributed by atoms with van der Waals surface area (Å²) in [5.74, 6) is 0. The van der Waals surface area contributed by atoms with Crippen molar-refractivity contribution in [3.8, 4) is 0 Å². The van der Waals surface area contributed by atoms with Crippen LogP contribution < -0.4 is 0 Å². The normalized spacial score (nSPS) is 11.2. The minimum absolute atomic E-state index is 0.0980. The minimum atomic E-state index is -0.0980. The number of rotatable bonds is 6. The first kappa shape index (κ1) is 20.6. The third-order valence-electron chi connectivity index (χ3n) is 6.15. The summed E-state index contributed by atoms with van der Waals surface area (Å²) < 4.78 is 0. The summed E-state index contributed by atoms with van der Waals surface area (Å²) in [6.07, 6.45) is 0. The third-order valence-corrected chi connectivity index (χ3v) is 6.15. The molecular formula is C31H28. The molecule has 0 saturated carbocycles. The Morgan fingerprint density at radius 3 is 1.06 bits per heavy atom. The van der Waals surface area contributed by atoms with E-state index in [0.717, 1.165) is 33.4 Å². The summed E-state index contributed by atoms with van der Waals surface area (Å²) >= 11 is 0. The molecule has 0 aliphatic carbocycles. The standard InChI is InChI=1S/C31H28/c1-23(25-11-7-5-8-12-25)27-15-19-29(20-16-27)31(3,4)30-21-17-28(18-22-30)24(2)26-13-9-6-10-14-26/h5-22H,1-2H2,3-4H3. The molecule has 0 heterocycles. The average Bonchev–Trinajstić information content (AvgIpc) is 2.84. The van der Waals surface area contributed by atoms with Crippen molar-refractivity contribution in [1.82, 2.24) is 0 Å². The topological polar surface area (TPSA) is 0 Å². The van der Waals surface area contributed by atoms with Crippen molar-refractivity contribution in [3.63, 3.8) is 0 Å². The van der Waals surface area contributed by atoms with Gasteiger partial charge >= 0.3 is 0 Å². The van der Waals surface area contributed by atoms with E-state index in [1.165, 1.54) is 11.1 Å². The summed E-state index contributed by atoms with van der Waals surface area (Å²) in [7, 11) is 0. The molecule has 4 aromatic carbocycles. The lowest BCUT2D eigenvalue weighted by Gasteiger charge is -2.27. The van der Waals surface area contributed by atoms with Crippen LogP contribution in [0.1, 0.15) is 47.2 Å². The van der Waals surface area contributed by atoms with Crippen LogP contribution in [0, 0.1) is 0 Å². The van der Waals surface area contributed by atoms with Crippen LogP contribution in [-0.2, 0) is 5.41 Å². The van der Waals surface area contributed by atoms with Crippen LogP contribution in [0.3, 0.4) is 0 Å². The fourth-order valence-corrected chi connectivity index (χ4v) is 3.95. The van der Waals surface area contributed by atoms with Gasteiger partial charge in [0, 0.05) is 5.41 Å². The van der Waals surface area contributed by atoms with Crippen LogP contribution >= 0.6 is 0 Å². The summed E-state index contributed by atoms with van der Waals surface area (Å²) in [6.45, 7) is 13.1. The smallest absolute Gasteiger partial charge is 0.0146 e. The second-order valence-electron chi connectivity index (χ2n) is 8.47. The SMILES string of the molecule is C=C(c1ccccc1)c1ccc(C(C)(C)c2ccc(C(=C)c3ccccc3)cc2)cc1. The molecule has 0 aliphatic rings. The van der Waals surface area contributed by atoms with Crippen molar-refractivity contribution >= 4 is 11.1 Å². The predicted molar refractivity (Wildman–Crippen MR) is 134 cm³/mol. The van der Waals surface area contributed by atoms with E-state index >= 15 is 0 Å². The maximum atomic E-state index is 4.29. The van der Waals surface area contributed by atoms with Crippen molar-refractivity contribution in [2.45, 2.75) is 19.3 Å². The molecule has 4 rings (SSSR count). The van der Waals surface area contributed by atoms with Gasteiger partial charge in [0.1, 0.15) is 0 Å². The average molecular weight is 401 g/mol. The Labute approximate surface area is 186 Å². The molecule has 0 aliphatic heterocycles. The van der Waals surface area contributed by atoms with Crippen molar-refractivity contribution < 1.29 is 0 Å². The van der Waals surface area contributed by atoms with Crippen LogP contribution in [-0.4, -0.2) is 0 Å². The van der Waals surface area contributed by atoms with Crippen molar-refractivity contribution in [1.29, 1.82) is 0 Å². The molecule has 4 aromatic rings. The molecule has 0 spiro atoms. The van der Waals surface area contributed by atoms with Crippen LogP contribution in [0.15, 0.2) is 122 Å². The van der Waals surface area contributed by atoms with Gasteiger partial charge < -0.3 is 0 Å². The molecule has 152 valence electrons. The Morgan fingerprint density at radius 2 is 0.742 bits per heavy atom. The van der Waals surface area contributed by atoms with Gasteiger partial charge in [-0.05, 0) is 44.5 Å². The molecule has 31 heavy (non-hydrogen) atoms. The van der Waals surface area contributed by atoms with E-state index in [1.54, 1.807) is 0 Å². The molecule has 0 saturated heterocycles. The molecule has 0 heteroatoms. The van der Waals surface area contributed by atoms with Crippen LogP contribution in [0.25, 0.3) is 11.1 Å². The maximum Gasteiger partial charge on any atom is 0.0146 e. The summed E-state index contributed by atoms with van der Waals surface area (Å²) in [6, 6.07) is 38.3. The van der Waals surface area contributed by atoms with Crippen LogP contribution in [0.2, 0.25) is 0 Å². The van der Waals surface area contributed by atoms with Crippen molar-refractivity contribution in [2.24, 2.45) is 0 Å². The van der Waals surface area contributed by atoms with Gasteiger partial charge in [0.2, 0.25) is 0 Å². The maximum absolute atomic E-state index is 4.29. The van der Waals surface area contributed by atoms with Gasteiger partial charge in [-0.15, -0.1) is 0 Å². The zero-order valence-corrected chi connectivity index (χ0v) is 18.3. The van der Waals surface area contributed by atoms with E-state index in [-0.39, 0.29) is 5.41 Å². The van der Waals surface area contributed by atoms with Gasteiger partial charge in [-0.25, -0.2) is 0 Å². The summed E-state index contributed by atoms with van der Waals surface area (Å²) in [5.41, 5.74) is 9.19. The molecule has 0 aromatic heterocycles. The van der Waals surface area contributed by atoms with Gasteiger partial charge in [-0.2, -0.15) is 0 Å². The largest absolute Gasteiger partial charge is 0.0906 e. The van der Waals surface area contributed by atoms with Crippen LogP contribution in [0.5, 0.6) is 0 Å². The molecule has 0 bridgehead atoms. The van der Waals surface area contributed by atoms with Crippen molar-refractivity contribution in [3.05, 3.63) is 156 Å². The zero-order valence-electron chi connectivity index (χ0n) is 18.3. The fourth-order valence-electron chi connectivity index (χ4n) is 3.95. The first-order valence-corrected chi connectivity index (χ1v) is 10.7. The lowest BCUT2D eigenvalue weighted by molar-refractivity contribution is 0.641. The molecule has 0 nitrogen and oxygen atoms in total. The zero-order chi connectivity index (χ0) is 21.8. The van der Waals surface area contributed by atoms with E-state index in [4.69, 9.17) is 0 Å². The van der Waals surface area contributed by atoms with E-state index in [2.05, 4.69) is 99.8 Å². The lowest BCUT2D eigenvalue weighted by Crippen LogP contribution is -2.18. The molecular weight excluding hydrogens is 372 g/mol. The van der Waals surface area contributed by atoms with E-state index < -0.39 is 0 Å². The summed E-state index contributed by atoms with van der Waals surface area (Å²) in [5, 5.41) is 0. The lowest BCUT2D eigenvalue weighted by atomic mass is 9.77. The minimum Gasteiger partial charge on any atom is -0.0906 e. The van der Waals surface area contributed by atoms with E-state index in [1.807, 2.05) is 36.4 Å². The van der Waals surface area contributed by atoms with E-state index in [0.29, 0.717) is 0 Å². The second-order valence-corrected chi connectivity index (χ2v) is 8.47. The second kappa shape index (κ2) is 8.62. The molecule has 0 atom stereocenters. The number of benzene rings is 4. The van der Waals surface area contributed by atoms with Gasteiger partial charge in [-0.1, -0.05) is 136 Å². The highest BCUT2D eigenvalue weighted by molar-refractivity contribution is 5.79. The van der Waals surface area contributed by atoms with Gasteiger partial charge in [0.25, 0.3) is 0 Å². The molecule has 0 unspecified atom stereocenters. The highest BCUT2D eigenvalue weighted by Crippen LogP contribution is 2.34.